The minimum atomic E-state index is -3.55. The van der Waals surface area contributed by atoms with Crippen molar-refractivity contribution in [2.24, 2.45) is 0 Å². The summed E-state index contributed by atoms with van der Waals surface area (Å²) in [5.74, 6) is 0.577. The van der Waals surface area contributed by atoms with Crippen LogP contribution in [0.4, 0.5) is 11.5 Å². The second-order valence-electron chi connectivity index (χ2n) is 6.18. The number of aromatic nitrogens is 2. The van der Waals surface area contributed by atoms with E-state index in [4.69, 9.17) is 11.6 Å². The van der Waals surface area contributed by atoms with Gasteiger partial charge < -0.3 is 5.32 Å². The summed E-state index contributed by atoms with van der Waals surface area (Å²) in [4.78, 5) is 8.19. The van der Waals surface area contributed by atoms with E-state index in [2.05, 4.69) is 20.0 Å². The highest BCUT2D eigenvalue weighted by Crippen LogP contribution is 2.21. The Morgan fingerprint density at radius 2 is 1.74 bits per heavy atom. The molecular formula is C15H19ClN4O2S. The summed E-state index contributed by atoms with van der Waals surface area (Å²) in [5.41, 5.74) is 1.00. The number of halogens is 1. The monoisotopic (exact) mass is 354 g/mol. The quantitative estimate of drug-likeness (QED) is 0.823. The third kappa shape index (κ3) is 4.89. The average molecular weight is 355 g/mol. The van der Waals surface area contributed by atoms with Gasteiger partial charge in [0.1, 0.15) is 5.82 Å². The van der Waals surface area contributed by atoms with Crippen molar-refractivity contribution in [2.45, 2.75) is 38.1 Å². The fourth-order valence-electron chi connectivity index (χ4n) is 1.86. The second-order valence-corrected chi connectivity index (χ2v) is 8.20. The molecule has 0 amide bonds. The molecule has 0 fully saturated rings. The van der Waals surface area contributed by atoms with Crippen molar-refractivity contribution < 1.29 is 8.42 Å². The van der Waals surface area contributed by atoms with Crippen LogP contribution in [0.15, 0.2) is 35.4 Å². The Balaban J connectivity index is 2.21. The molecule has 2 N–H and O–H groups in total. The minimum Gasteiger partial charge on any atom is -0.340 e. The Hall–Kier alpha value is -1.70. The topological polar surface area (TPSA) is 84.0 Å². The van der Waals surface area contributed by atoms with Gasteiger partial charge in [0.15, 0.2) is 0 Å². The highest BCUT2D eigenvalue weighted by molar-refractivity contribution is 7.89. The number of hydrogen-bond donors (Lipinski definition) is 2. The number of benzene rings is 1. The van der Waals surface area contributed by atoms with Crippen LogP contribution in [0.1, 0.15) is 26.3 Å². The van der Waals surface area contributed by atoms with Crippen LogP contribution in [0, 0.1) is 6.92 Å². The number of anilines is 2. The number of nitrogens with one attached hydrogen (secondary N) is 2. The molecule has 6 nitrogen and oxygen atoms in total. The molecule has 2 aromatic rings. The normalized spacial score (nSPS) is 12.2. The lowest BCUT2D eigenvalue weighted by atomic mass is 10.1. The van der Waals surface area contributed by atoms with E-state index in [9.17, 15) is 8.42 Å². The van der Waals surface area contributed by atoms with Crippen molar-refractivity contribution in [3.05, 3.63) is 41.3 Å². The smallest absolute Gasteiger partial charge is 0.241 e. The van der Waals surface area contributed by atoms with Gasteiger partial charge in [0.05, 0.1) is 4.90 Å². The fourth-order valence-corrected chi connectivity index (χ4v) is 3.41. The third-order valence-corrected chi connectivity index (χ3v) is 4.77. The number of rotatable bonds is 4. The molecule has 0 aliphatic carbocycles. The van der Waals surface area contributed by atoms with Crippen LogP contribution in [0.3, 0.4) is 0 Å². The summed E-state index contributed by atoms with van der Waals surface area (Å²) in [7, 11) is -3.55. The molecule has 8 heteroatoms. The Morgan fingerprint density at radius 1 is 1.13 bits per heavy atom. The molecule has 0 saturated carbocycles. The van der Waals surface area contributed by atoms with Gasteiger partial charge in [0.2, 0.25) is 15.3 Å². The minimum absolute atomic E-state index is 0.145. The number of sulfonamides is 1. The Bertz CT molecular complexity index is 799. The molecule has 124 valence electrons. The third-order valence-electron chi connectivity index (χ3n) is 2.81. The number of nitrogens with zero attached hydrogens (tertiary/aromatic N) is 2. The molecule has 0 spiro atoms. The van der Waals surface area contributed by atoms with E-state index in [0.29, 0.717) is 11.5 Å². The van der Waals surface area contributed by atoms with Gasteiger partial charge in [-0.25, -0.2) is 23.1 Å². The molecule has 2 rings (SSSR count). The first-order chi connectivity index (χ1) is 10.6. The summed E-state index contributed by atoms with van der Waals surface area (Å²) in [6, 6.07) is 6.42. The fraction of sp³-hybridized carbons (Fsp3) is 0.333. The zero-order valence-corrected chi connectivity index (χ0v) is 15.0. The van der Waals surface area contributed by atoms with Crippen LogP contribution in [-0.4, -0.2) is 23.9 Å². The number of hydrogen-bond acceptors (Lipinski definition) is 5. The summed E-state index contributed by atoms with van der Waals surface area (Å²) in [6.07, 6.45) is 1.61. The molecule has 0 saturated heterocycles. The summed E-state index contributed by atoms with van der Waals surface area (Å²) < 4.78 is 27.1. The van der Waals surface area contributed by atoms with Crippen molar-refractivity contribution >= 4 is 33.1 Å². The van der Waals surface area contributed by atoms with E-state index in [1.165, 1.54) is 12.1 Å². The van der Waals surface area contributed by atoms with E-state index >= 15 is 0 Å². The van der Waals surface area contributed by atoms with Gasteiger partial charge in [-0.15, -0.1) is 0 Å². The lowest BCUT2D eigenvalue weighted by molar-refractivity contribution is 0.491. The molecular weight excluding hydrogens is 336 g/mol. The van der Waals surface area contributed by atoms with E-state index in [1.807, 2.05) is 6.92 Å². The highest BCUT2D eigenvalue weighted by Gasteiger charge is 2.21. The Kier molecular flexibility index (Phi) is 4.93. The van der Waals surface area contributed by atoms with E-state index in [-0.39, 0.29) is 10.2 Å². The van der Waals surface area contributed by atoms with E-state index < -0.39 is 15.6 Å². The standard InChI is InChI=1S/C15H19ClN4O2S/c1-10-9-17-14(16)19-13(10)18-11-5-7-12(8-6-11)23(21,22)20-15(2,3)4/h5-9,20H,1-4H3,(H,17,18,19). The van der Waals surface area contributed by atoms with Gasteiger partial charge in [-0.1, -0.05) is 0 Å². The Labute approximate surface area is 141 Å². The maximum Gasteiger partial charge on any atom is 0.241 e. The van der Waals surface area contributed by atoms with Gasteiger partial charge in [0, 0.05) is 23.0 Å². The van der Waals surface area contributed by atoms with Crippen molar-refractivity contribution in [3.8, 4) is 0 Å². The van der Waals surface area contributed by atoms with Crippen LogP contribution in [0.2, 0.25) is 5.28 Å². The molecule has 0 atom stereocenters. The van der Waals surface area contributed by atoms with Crippen LogP contribution in [0.25, 0.3) is 0 Å². The lowest BCUT2D eigenvalue weighted by Gasteiger charge is -2.20. The summed E-state index contributed by atoms with van der Waals surface area (Å²) in [6.45, 7) is 7.23. The van der Waals surface area contributed by atoms with Gasteiger partial charge >= 0.3 is 0 Å². The largest absolute Gasteiger partial charge is 0.340 e. The van der Waals surface area contributed by atoms with Gasteiger partial charge in [0.25, 0.3) is 0 Å². The van der Waals surface area contributed by atoms with Crippen LogP contribution < -0.4 is 10.0 Å². The first-order valence-electron chi connectivity index (χ1n) is 6.97. The maximum atomic E-state index is 12.2. The molecule has 1 aromatic heterocycles. The van der Waals surface area contributed by atoms with E-state index in [1.54, 1.807) is 39.1 Å². The predicted octanol–water partition coefficient (Wildman–Crippen LogP) is 3.26. The van der Waals surface area contributed by atoms with Crippen molar-refractivity contribution in [1.29, 1.82) is 0 Å². The van der Waals surface area contributed by atoms with Crippen molar-refractivity contribution in [1.82, 2.24) is 14.7 Å². The maximum absolute atomic E-state index is 12.2. The first-order valence-corrected chi connectivity index (χ1v) is 8.83. The van der Waals surface area contributed by atoms with Crippen molar-refractivity contribution in [3.63, 3.8) is 0 Å². The number of aryl methyl sites for hydroxylation is 1. The SMILES string of the molecule is Cc1cnc(Cl)nc1Nc1ccc(S(=O)(=O)NC(C)(C)C)cc1. The Morgan fingerprint density at radius 3 is 2.30 bits per heavy atom. The zero-order chi connectivity index (χ0) is 17.3. The molecule has 0 radical (unpaired) electrons. The van der Waals surface area contributed by atoms with Gasteiger partial charge in [-0.2, -0.15) is 0 Å². The van der Waals surface area contributed by atoms with Crippen LogP contribution in [-0.2, 0) is 10.0 Å². The summed E-state index contributed by atoms with van der Waals surface area (Å²) in [5, 5.41) is 3.23. The molecule has 1 heterocycles. The molecule has 1 aromatic carbocycles. The molecule has 23 heavy (non-hydrogen) atoms. The van der Waals surface area contributed by atoms with Gasteiger partial charge in [-0.3, -0.25) is 0 Å². The van der Waals surface area contributed by atoms with Crippen molar-refractivity contribution in [2.75, 3.05) is 5.32 Å². The first kappa shape index (κ1) is 17.7. The molecule has 0 bridgehead atoms. The lowest BCUT2D eigenvalue weighted by Crippen LogP contribution is -2.40. The van der Waals surface area contributed by atoms with E-state index in [0.717, 1.165) is 5.56 Å². The molecule has 0 aliphatic rings. The summed E-state index contributed by atoms with van der Waals surface area (Å²) >= 11 is 5.78. The average Bonchev–Trinajstić information content (AvgIpc) is 2.41. The predicted molar refractivity (Wildman–Crippen MR) is 91.6 cm³/mol. The zero-order valence-electron chi connectivity index (χ0n) is 13.4. The van der Waals surface area contributed by atoms with Gasteiger partial charge in [-0.05, 0) is 63.6 Å². The second kappa shape index (κ2) is 6.43. The van der Waals surface area contributed by atoms with Crippen LogP contribution in [0.5, 0.6) is 0 Å². The molecule has 0 aliphatic heterocycles. The van der Waals surface area contributed by atoms with Crippen LogP contribution >= 0.6 is 11.6 Å². The highest BCUT2D eigenvalue weighted by atomic mass is 35.5. The molecule has 0 unspecified atom stereocenters.